The number of aryl methyl sites for hydroxylation is 1. The van der Waals surface area contributed by atoms with Gasteiger partial charge in [-0.3, -0.25) is 9.36 Å². The first-order chi connectivity index (χ1) is 14.6. The van der Waals surface area contributed by atoms with Gasteiger partial charge in [-0.05, 0) is 48.9 Å². The summed E-state index contributed by atoms with van der Waals surface area (Å²) in [6.07, 6.45) is 1.64. The maximum Gasteiger partial charge on any atom is 0.335 e. The van der Waals surface area contributed by atoms with Gasteiger partial charge in [0.25, 0.3) is 0 Å². The molecular weight excluding hydrogens is 380 g/mol. The van der Waals surface area contributed by atoms with E-state index in [4.69, 9.17) is 4.74 Å². The average molecular weight is 402 g/mol. The lowest BCUT2D eigenvalue weighted by Crippen LogP contribution is -2.32. The van der Waals surface area contributed by atoms with Gasteiger partial charge < -0.3 is 10.1 Å². The lowest BCUT2D eigenvalue weighted by Gasteiger charge is -2.07. The number of nitrogens with zero attached hydrogens (tertiary/aromatic N) is 3. The van der Waals surface area contributed by atoms with Crippen LogP contribution in [0.2, 0.25) is 0 Å². The van der Waals surface area contributed by atoms with Gasteiger partial charge in [-0.2, -0.15) is 0 Å². The Kier molecular flexibility index (Phi) is 5.34. The first-order valence-electron chi connectivity index (χ1n) is 9.60. The minimum atomic E-state index is -0.299. The molecule has 0 aliphatic heterocycles. The summed E-state index contributed by atoms with van der Waals surface area (Å²) in [5, 5.41) is 2.86. The third kappa shape index (κ3) is 3.82. The van der Waals surface area contributed by atoms with E-state index in [9.17, 15) is 9.59 Å². The van der Waals surface area contributed by atoms with Crippen molar-refractivity contribution in [3.8, 4) is 11.4 Å². The molecule has 0 atom stereocenters. The van der Waals surface area contributed by atoms with E-state index in [0.717, 1.165) is 16.9 Å². The van der Waals surface area contributed by atoms with E-state index in [-0.39, 0.29) is 18.1 Å². The Bertz CT molecular complexity index is 1240. The summed E-state index contributed by atoms with van der Waals surface area (Å²) >= 11 is 0. The summed E-state index contributed by atoms with van der Waals surface area (Å²) in [5.41, 5.74) is 3.59. The fourth-order valence-electron chi connectivity index (χ4n) is 3.31. The topological polar surface area (TPSA) is 78.1 Å². The molecule has 2 aromatic heterocycles. The van der Waals surface area contributed by atoms with Crippen LogP contribution in [0.1, 0.15) is 11.1 Å². The van der Waals surface area contributed by atoms with Crippen molar-refractivity contribution in [1.29, 1.82) is 0 Å². The minimum absolute atomic E-state index is 0.0873. The summed E-state index contributed by atoms with van der Waals surface area (Å²) in [5.74, 6) is 0.507. The summed E-state index contributed by atoms with van der Waals surface area (Å²) in [4.78, 5) is 30.1. The largest absolute Gasteiger partial charge is 0.497 e. The Morgan fingerprint density at radius 3 is 2.50 bits per heavy atom. The number of aromatic nitrogens is 3. The van der Waals surface area contributed by atoms with Crippen LogP contribution in [0.5, 0.6) is 5.75 Å². The maximum atomic E-state index is 13.1. The standard InChI is InChI=1S/C23H22N4O3/c1-16-5-9-18(10-6-16)27-22-20(4-3-13-24-22)26(23(27)29)15-21(28)25-14-17-7-11-19(30-2)12-8-17/h3-13H,14-15H2,1-2H3,(H,25,28). The van der Waals surface area contributed by atoms with Gasteiger partial charge in [-0.15, -0.1) is 0 Å². The van der Waals surface area contributed by atoms with Crippen LogP contribution < -0.4 is 15.7 Å². The normalized spacial score (nSPS) is 10.9. The number of pyridine rings is 1. The highest BCUT2D eigenvalue weighted by molar-refractivity contribution is 5.80. The van der Waals surface area contributed by atoms with E-state index in [1.807, 2.05) is 55.5 Å². The maximum absolute atomic E-state index is 13.1. The Labute approximate surface area is 173 Å². The zero-order chi connectivity index (χ0) is 21.1. The van der Waals surface area contributed by atoms with Crippen LogP contribution in [0, 0.1) is 6.92 Å². The first kappa shape index (κ1) is 19.4. The molecule has 4 aromatic rings. The first-order valence-corrected chi connectivity index (χ1v) is 9.60. The number of benzene rings is 2. The summed E-state index contributed by atoms with van der Waals surface area (Å²) in [6, 6.07) is 18.6. The molecule has 0 unspecified atom stereocenters. The molecule has 2 aromatic carbocycles. The summed E-state index contributed by atoms with van der Waals surface area (Å²) in [6.45, 7) is 2.27. The third-order valence-electron chi connectivity index (χ3n) is 4.93. The SMILES string of the molecule is COc1ccc(CNC(=O)Cn2c(=O)n(-c3ccc(C)cc3)c3ncccc32)cc1. The molecule has 0 aliphatic carbocycles. The molecule has 4 rings (SSSR count). The van der Waals surface area contributed by atoms with Gasteiger partial charge >= 0.3 is 5.69 Å². The smallest absolute Gasteiger partial charge is 0.335 e. The second-order valence-corrected chi connectivity index (χ2v) is 7.01. The monoisotopic (exact) mass is 402 g/mol. The predicted octanol–water partition coefficient (Wildman–Crippen LogP) is 2.82. The quantitative estimate of drug-likeness (QED) is 0.538. The van der Waals surface area contributed by atoms with Crippen LogP contribution in [0.25, 0.3) is 16.9 Å². The number of amides is 1. The molecule has 2 heterocycles. The number of nitrogens with one attached hydrogen (secondary N) is 1. The number of hydrogen-bond donors (Lipinski definition) is 1. The van der Waals surface area contributed by atoms with E-state index in [1.165, 1.54) is 9.13 Å². The molecule has 0 fully saturated rings. The fraction of sp³-hybridized carbons (Fsp3) is 0.174. The van der Waals surface area contributed by atoms with Gasteiger partial charge in [0, 0.05) is 12.7 Å². The van der Waals surface area contributed by atoms with Crippen molar-refractivity contribution >= 4 is 17.1 Å². The summed E-state index contributed by atoms with van der Waals surface area (Å²) in [7, 11) is 1.61. The van der Waals surface area contributed by atoms with E-state index >= 15 is 0 Å². The van der Waals surface area contributed by atoms with Crippen LogP contribution in [0.3, 0.4) is 0 Å². The second-order valence-electron chi connectivity index (χ2n) is 7.01. The highest BCUT2D eigenvalue weighted by atomic mass is 16.5. The van der Waals surface area contributed by atoms with Gasteiger partial charge in [0.15, 0.2) is 5.65 Å². The molecule has 0 radical (unpaired) electrons. The van der Waals surface area contributed by atoms with Gasteiger partial charge in [0.2, 0.25) is 5.91 Å². The molecule has 0 aliphatic rings. The molecule has 0 saturated heterocycles. The van der Waals surface area contributed by atoms with Crippen LogP contribution in [-0.2, 0) is 17.9 Å². The highest BCUT2D eigenvalue weighted by Crippen LogP contribution is 2.16. The number of carbonyl (C=O) groups is 1. The van der Waals surface area contributed by atoms with Crippen LogP contribution in [0.15, 0.2) is 71.7 Å². The van der Waals surface area contributed by atoms with Gasteiger partial charge in [0.1, 0.15) is 12.3 Å². The Hall–Kier alpha value is -3.87. The molecule has 7 heteroatoms. The van der Waals surface area contributed by atoms with E-state index < -0.39 is 0 Å². The van der Waals surface area contributed by atoms with Crippen LogP contribution in [0.4, 0.5) is 0 Å². The van der Waals surface area contributed by atoms with E-state index in [2.05, 4.69) is 10.3 Å². The number of rotatable bonds is 6. The fourth-order valence-corrected chi connectivity index (χ4v) is 3.31. The van der Waals surface area contributed by atoms with Crippen molar-refractivity contribution in [2.75, 3.05) is 7.11 Å². The van der Waals surface area contributed by atoms with Crippen molar-refractivity contribution in [2.45, 2.75) is 20.0 Å². The molecule has 0 spiro atoms. The molecular formula is C23H22N4O3. The number of imidazole rings is 1. The molecule has 1 N–H and O–H groups in total. The zero-order valence-corrected chi connectivity index (χ0v) is 16.8. The number of ether oxygens (including phenoxy) is 1. The van der Waals surface area contributed by atoms with Crippen LogP contribution >= 0.6 is 0 Å². The second kappa shape index (κ2) is 8.24. The lowest BCUT2D eigenvalue weighted by atomic mass is 10.2. The van der Waals surface area contributed by atoms with Crippen molar-refractivity contribution in [2.24, 2.45) is 0 Å². The van der Waals surface area contributed by atoms with Gasteiger partial charge in [-0.1, -0.05) is 29.8 Å². The molecule has 0 saturated carbocycles. The minimum Gasteiger partial charge on any atom is -0.497 e. The average Bonchev–Trinajstić information content (AvgIpc) is 3.05. The van der Waals surface area contributed by atoms with Crippen molar-refractivity contribution in [3.63, 3.8) is 0 Å². The summed E-state index contributed by atoms with van der Waals surface area (Å²) < 4.78 is 8.12. The van der Waals surface area contributed by atoms with E-state index in [0.29, 0.717) is 23.4 Å². The third-order valence-corrected chi connectivity index (χ3v) is 4.93. The highest BCUT2D eigenvalue weighted by Gasteiger charge is 2.17. The molecule has 152 valence electrons. The van der Waals surface area contributed by atoms with Crippen molar-refractivity contribution < 1.29 is 9.53 Å². The molecule has 7 nitrogen and oxygen atoms in total. The van der Waals surface area contributed by atoms with Gasteiger partial charge in [-0.25, -0.2) is 14.3 Å². The Balaban J connectivity index is 1.59. The number of fused-ring (bicyclic) bond motifs is 1. The van der Waals surface area contributed by atoms with Gasteiger partial charge in [0.05, 0.1) is 18.3 Å². The number of methoxy groups -OCH3 is 1. The Morgan fingerprint density at radius 2 is 1.80 bits per heavy atom. The van der Waals surface area contributed by atoms with E-state index in [1.54, 1.807) is 25.4 Å². The zero-order valence-electron chi connectivity index (χ0n) is 16.8. The van der Waals surface area contributed by atoms with Crippen LogP contribution in [-0.4, -0.2) is 27.1 Å². The number of carbonyl (C=O) groups excluding carboxylic acids is 1. The predicted molar refractivity (Wildman–Crippen MR) is 115 cm³/mol. The lowest BCUT2D eigenvalue weighted by molar-refractivity contribution is -0.121. The number of hydrogen-bond acceptors (Lipinski definition) is 4. The Morgan fingerprint density at radius 1 is 1.07 bits per heavy atom. The molecule has 0 bridgehead atoms. The van der Waals surface area contributed by atoms with Crippen molar-refractivity contribution in [3.05, 3.63) is 88.5 Å². The van der Waals surface area contributed by atoms with Crippen molar-refractivity contribution in [1.82, 2.24) is 19.4 Å². The molecule has 30 heavy (non-hydrogen) atoms. The molecule has 1 amide bonds.